The average Bonchev–Trinajstić information content (AvgIpc) is 2.84. The number of carbonyl (C=O) groups is 4. The molecule has 8 nitrogen and oxygen atoms in total. The standard InChI is InChI=1S/C27H21Cl2N3O5/c1-15-3-9-22(16(2)11-15)30-24(33)14-37-23-10-6-19(29)12-17(23)13-21-25(34)31-27(36)32(26(21)35)20-7-4-18(28)5-8-20/h3-13H,14H2,1-2H3,(H,30,33)(H,31,34,36)/b21-13-. The molecule has 1 aliphatic rings. The number of hydrogen-bond acceptors (Lipinski definition) is 5. The third-order valence-electron chi connectivity index (χ3n) is 5.47. The van der Waals surface area contributed by atoms with Crippen molar-refractivity contribution in [3.63, 3.8) is 0 Å². The van der Waals surface area contributed by atoms with Gasteiger partial charge in [0.2, 0.25) is 0 Å². The van der Waals surface area contributed by atoms with Gasteiger partial charge in [-0.2, -0.15) is 0 Å². The Bertz CT molecular complexity index is 1450. The monoisotopic (exact) mass is 537 g/mol. The maximum absolute atomic E-state index is 13.2. The summed E-state index contributed by atoms with van der Waals surface area (Å²) in [5, 5.41) is 5.67. The molecule has 1 heterocycles. The number of halogens is 2. The summed E-state index contributed by atoms with van der Waals surface area (Å²) in [6.45, 7) is 3.51. The first-order chi connectivity index (χ1) is 17.6. The van der Waals surface area contributed by atoms with E-state index in [4.69, 9.17) is 27.9 Å². The van der Waals surface area contributed by atoms with E-state index in [2.05, 4.69) is 10.6 Å². The number of rotatable bonds is 6. The number of ether oxygens (including phenoxy) is 1. The molecule has 1 aliphatic heterocycles. The highest BCUT2D eigenvalue weighted by molar-refractivity contribution is 6.39. The van der Waals surface area contributed by atoms with E-state index in [1.807, 2.05) is 32.0 Å². The Hall–Kier alpha value is -4.14. The SMILES string of the molecule is Cc1ccc(NC(=O)COc2ccc(Cl)cc2/C=C2/C(=O)NC(=O)N(c3ccc(Cl)cc3)C2=O)c(C)c1. The van der Waals surface area contributed by atoms with E-state index in [9.17, 15) is 19.2 Å². The summed E-state index contributed by atoms with van der Waals surface area (Å²) in [6.07, 6.45) is 1.26. The lowest BCUT2D eigenvalue weighted by molar-refractivity contribution is -0.122. The van der Waals surface area contributed by atoms with Gasteiger partial charge in [-0.3, -0.25) is 19.7 Å². The molecule has 3 aromatic rings. The van der Waals surface area contributed by atoms with Crippen LogP contribution in [0.4, 0.5) is 16.2 Å². The summed E-state index contributed by atoms with van der Waals surface area (Å²) in [4.78, 5) is 51.5. The minimum absolute atomic E-state index is 0.211. The summed E-state index contributed by atoms with van der Waals surface area (Å²) in [6, 6.07) is 15.3. The summed E-state index contributed by atoms with van der Waals surface area (Å²) in [5.41, 5.74) is 2.83. The molecular weight excluding hydrogens is 517 g/mol. The lowest BCUT2D eigenvalue weighted by Gasteiger charge is -2.26. The quantitative estimate of drug-likeness (QED) is 0.328. The Balaban J connectivity index is 1.57. The smallest absolute Gasteiger partial charge is 0.335 e. The van der Waals surface area contributed by atoms with E-state index in [-0.39, 0.29) is 29.2 Å². The molecule has 0 unspecified atom stereocenters. The van der Waals surface area contributed by atoms with Crippen molar-refractivity contribution in [2.75, 3.05) is 16.8 Å². The molecule has 2 N–H and O–H groups in total. The number of nitrogens with zero attached hydrogens (tertiary/aromatic N) is 1. The molecule has 0 radical (unpaired) electrons. The van der Waals surface area contributed by atoms with E-state index in [1.165, 1.54) is 42.5 Å². The first-order valence-electron chi connectivity index (χ1n) is 11.1. The average molecular weight is 538 g/mol. The van der Waals surface area contributed by atoms with Crippen molar-refractivity contribution in [3.8, 4) is 5.75 Å². The van der Waals surface area contributed by atoms with Gasteiger partial charge in [-0.1, -0.05) is 40.9 Å². The van der Waals surface area contributed by atoms with Crippen LogP contribution in [0.3, 0.4) is 0 Å². The fraction of sp³-hybridized carbons (Fsp3) is 0.111. The molecule has 10 heteroatoms. The molecule has 5 amide bonds. The second-order valence-corrected chi connectivity index (χ2v) is 9.14. The summed E-state index contributed by atoms with van der Waals surface area (Å²) in [7, 11) is 0. The van der Waals surface area contributed by atoms with Crippen LogP contribution in [0.15, 0.2) is 66.2 Å². The lowest BCUT2D eigenvalue weighted by Crippen LogP contribution is -2.54. The topological polar surface area (TPSA) is 105 Å². The van der Waals surface area contributed by atoms with Crippen molar-refractivity contribution >= 4 is 64.4 Å². The van der Waals surface area contributed by atoms with Gasteiger partial charge in [0.15, 0.2) is 6.61 Å². The molecule has 0 atom stereocenters. The van der Waals surface area contributed by atoms with Crippen molar-refractivity contribution in [3.05, 3.63) is 93.0 Å². The zero-order valence-corrected chi connectivity index (χ0v) is 21.3. The van der Waals surface area contributed by atoms with Gasteiger partial charge >= 0.3 is 6.03 Å². The molecule has 1 fully saturated rings. The van der Waals surface area contributed by atoms with Gasteiger partial charge in [-0.15, -0.1) is 0 Å². The molecule has 0 aromatic heterocycles. The Morgan fingerprint density at radius 2 is 1.68 bits per heavy atom. The second kappa shape index (κ2) is 10.9. The Labute approximate surface area is 222 Å². The van der Waals surface area contributed by atoms with Crippen LogP contribution in [0.2, 0.25) is 10.0 Å². The summed E-state index contributed by atoms with van der Waals surface area (Å²) >= 11 is 12.0. The molecule has 4 rings (SSSR count). The number of urea groups is 1. The van der Waals surface area contributed by atoms with Crippen molar-refractivity contribution in [2.45, 2.75) is 13.8 Å². The fourth-order valence-corrected chi connectivity index (χ4v) is 3.99. The third-order valence-corrected chi connectivity index (χ3v) is 5.96. The Morgan fingerprint density at radius 1 is 0.973 bits per heavy atom. The molecule has 37 heavy (non-hydrogen) atoms. The van der Waals surface area contributed by atoms with Gasteiger partial charge in [0, 0.05) is 21.3 Å². The zero-order chi connectivity index (χ0) is 26.7. The minimum Gasteiger partial charge on any atom is -0.483 e. The highest BCUT2D eigenvalue weighted by atomic mass is 35.5. The van der Waals surface area contributed by atoms with Crippen LogP contribution in [0, 0.1) is 13.8 Å². The Kier molecular flexibility index (Phi) is 7.61. The Morgan fingerprint density at radius 3 is 2.38 bits per heavy atom. The largest absolute Gasteiger partial charge is 0.483 e. The fourth-order valence-electron chi connectivity index (χ4n) is 3.68. The van der Waals surface area contributed by atoms with Crippen LogP contribution in [-0.4, -0.2) is 30.4 Å². The highest BCUT2D eigenvalue weighted by Crippen LogP contribution is 2.28. The van der Waals surface area contributed by atoms with Crippen LogP contribution in [-0.2, 0) is 14.4 Å². The third kappa shape index (κ3) is 5.99. The first kappa shape index (κ1) is 25.9. The summed E-state index contributed by atoms with van der Waals surface area (Å²) in [5.74, 6) is -1.90. The van der Waals surface area contributed by atoms with Gasteiger partial charge in [-0.05, 0) is 74.0 Å². The van der Waals surface area contributed by atoms with Crippen LogP contribution in [0.5, 0.6) is 5.75 Å². The molecular formula is C27H21Cl2N3O5. The van der Waals surface area contributed by atoms with Gasteiger partial charge in [0.1, 0.15) is 11.3 Å². The highest BCUT2D eigenvalue weighted by Gasteiger charge is 2.37. The van der Waals surface area contributed by atoms with Crippen LogP contribution in [0.1, 0.15) is 16.7 Å². The second-order valence-electron chi connectivity index (χ2n) is 8.27. The molecule has 0 saturated carbocycles. The molecule has 3 aromatic carbocycles. The van der Waals surface area contributed by atoms with Crippen LogP contribution >= 0.6 is 23.2 Å². The van der Waals surface area contributed by atoms with Crippen LogP contribution < -0.4 is 20.3 Å². The van der Waals surface area contributed by atoms with Crippen LogP contribution in [0.25, 0.3) is 6.08 Å². The van der Waals surface area contributed by atoms with E-state index < -0.39 is 23.8 Å². The van der Waals surface area contributed by atoms with Gasteiger partial charge in [-0.25, -0.2) is 9.69 Å². The van der Waals surface area contributed by atoms with Gasteiger partial charge in [0.05, 0.1) is 5.69 Å². The maximum Gasteiger partial charge on any atom is 0.335 e. The number of imide groups is 2. The number of hydrogen-bond donors (Lipinski definition) is 2. The lowest BCUT2D eigenvalue weighted by atomic mass is 10.1. The van der Waals surface area contributed by atoms with E-state index in [0.717, 1.165) is 16.0 Å². The predicted molar refractivity (Wildman–Crippen MR) is 142 cm³/mol. The van der Waals surface area contributed by atoms with Crippen molar-refractivity contribution in [1.29, 1.82) is 0 Å². The van der Waals surface area contributed by atoms with E-state index in [1.54, 1.807) is 6.07 Å². The normalized spacial score (nSPS) is 14.5. The van der Waals surface area contributed by atoms with E-state index >= 15 is 0 Å². The molecule has 0 spiro atoms. The van der Waals surface area contributed by atoms with Crippen molar-refractivity contribution in [1.82, 2.24) is 5.32 Å². The molecule has 0 aliphatic carbocycles. The zero-order valence-electron chi connectivity index (χ0n) is 19.8. The van der Waals surface area contributed by atoms with Crippen molar-refractivity contribution in [2.24, 2.45) is 0 Å². The number of amides is 5. The predicted octanol–water partition coefficient (Wildman–Crippen LogP) is 5.29. The van der Waals surface area contributed by atoms with Gasteiger partial charge in [0.25, 0.3) is 17.7 Å². The number of benzene rings is 3. The van der Waals surface area contributed by atoms with Crippen molar-refractivity contribution < 1.29 is 23.9 Å². The van der Waals surface area contributed by atoms with Gasteiger partial charge < -0.3 is 10.1 Å². The number of carbonyl (C=O) groups excluding carboxylic acids is 4. The maximum atomic E-state index is 13.2. The molecule has 188 valence electrons. The number of barbiturate groups is 1. The summed E-state index contributed by atoms with van der Waals surface area (Å²) < 4.78 is 5.69. The number of aryl methyl sites for hydroxylation is 2. The molecule has 1 saturated heterocycles. The number of anilines is 2. The first-order valence-corrected chi connectivity index (χ1v) is 11.8. The number of nitrogens with one attached hydrogen (secondary N) is 2. The van der Waals surface area contributed by atoms with E-state index in [0.29, 0.717) is 15.7 Å². The minimum atomic E-state index is -0.889. The molecule has 0 bridgehead atoms.